The molecule has 2 aliphatic carbocycles. The van der Waals surface area contributed by atoms with Crippen LogP contribution in [0.2, 0.25) is 0 Å². The smallest absolute Gasteiger partial charge is 0.0726 e. The van der Waals surface area contributed by atoms with Crippen LogP contribution in [-0.4, -0.2) is 4.57 Å². The number of hydrogen-bond acceptors (Lipinski definition) is 1. The Bertz CT molecular complexity index is 2770. The highest BCUT2D eigenvalue weighted by molar-refractivity contribution is 6.29. The number of nitrogens with zero attached hydrogens (tertiary/aromatic N) is 2. The molecule has 11 rings (SSSR count). The predicted octanol–water partition coefficient (Wildman–Crippen LogP) is 12.7. The van der Waals surface area contributed by atoms with Crippen molar-refractivity contribution in [1.29, 1.82) is 0 Å². The lowest BCUT2D eigenvalue weighted by atomic mass is 9.63. The molecular formula is C49H34N2. The molecule has 1 heterocycles. The third-order valence-electron chi connectivity index (χ3n) is 11.5. The summed E-state index contributed by atoms with van der Waals surface area (Å²) in [6.45, 7) is 4.32. The molecular weight excluding hydrogens is 617 g/mol. The molecule has 0 saturated carbocycles. The monoisotopic (exact) mass is 650 g/mol. The van der Waals surface area contributed by atoms with E-state index in [4.69, 9.17) is 0 Å². The molecule has 0 aliphatic heterocycles. The van der Waals surface area contributed by atoms with Gasteiger partial charge in [0.05, 0.1) is 22.1 Å². The van der Waals surface area contributed by atoms with Crippen molar-refractivity contribution in [2.45, 2.75) is 19.3 Å². The van der Waals surface area contributed by atoms with Gasteiger partial charge < -0.3 is 9.47 Å². The average molecular weight is 651 g/mol. The van der Waals surface area contributed by atoms with E-state index in [0.717, 1.165) is 17.1 Å². The van der Waals surface area contributed by atoms with Gasteiger partial charge >= 0.3 is 0 Å². The molecule has 0 bridgehead atoms. The normalized spacial score (nSPS) is 13.5. The van der Waals surface area contributed by atoms with E-state index < -0.39 is 5.41 Å². The topological polar surface area (TPSA) is 8.17 Å². The highest BCUT2D eigenvalue weighted by Crippen LogP contribution is 2.63. The van der Waals surface area contributed by atoms with E-state index in [2.05, 4.69) is 193 Å². The van der Waals surface area contributed by atoms with Crippen LogP contribution in [0.25, 0.3) is 49.4 Å². The summed E-state index contributed by atoms with van der Waals surface area (Å²) < 4.78 is 2.50. The van der Waals surface area contributed by atoms with Crippen molar-refractivity contribution < 1.29 is 0 Å². The predicted molar refractivity (Wildman–Crippen MR) is 213 cm³/mol. The second-order valence-corrected chi connectivity index (χ2v) is 14.2. The minimum atomic E-state index is -0.466. The zero-order valence-corrected chi connectivity index (χ0v) is 28.6. The van der Waals surface area contributed by atoms with Gasteiger partial charge in [0, 0.05) is 33.2 Å². The Balaban J connectivity index is 1.38. The van der Waals surface area contributed by atoms with Crippen LogP contribution in [0.3, 0.4) is 0 Å². The van der Waals surface area contributed by atoms with Gasteiger partial charge in [0.15, 0.2) is 0 Å². The summed E-state index contributed by atoms with van der Waals surface area (Å²) in [4.78, 5) is 2.46. The summed E-state index contributed by atoms with van der Waals surface area (Å²) in [5.41, 5.74) is 17.2. The summed E-state index contributed by atoms with van der Waals surface area (Å²) in [7, 11) is 0. The second kappa shape index (κ2) is 10.3. The quantitative estimate of drug-likeness (QED) is 0.184. The van der Waals surface area contributed by atoms with E-state index in [1.54, 1.807) is 0 Å². The van der Waals surface area contributed by atoms with Crippen molar-refractivity contribution in [2.24, 2.45) is 0 Å². The van der Waals surface area contributed by atoms with Crippen molar-refractivity contribution >= 4 is 49.6 Å². The lowest BCUT2D eigenvalue weighted by molar-refractivity contribution is 0.783. The lowest BCUT2D eigenvalue weighted by Crippen LogP contribution is -2.30. The van der Waals surface area contributed by atoms with Crippen LogP contribution in [0, 0.1) is 13.8 Å². The molecule has 2 aliphatic rings. The number of benzene rings is 8. The van der Waals surface area contributed by atoms with Gasteiger partial charge in [-0.2, -0.15) is 0 Å². The van der Waals surface area contributed by atoms with Crippen LogP contribution in [0.1, 0.15) is 33.4 Å². The Morgan fingerprint density at radius 1 is 0.431 bits per heavy atom. The van der Waals surface area contributed by atoms with Gasteiger partial charge in [-0.1, -0.05) is 132 Å². The standard InChI is InChI=1S/C49H34N2/c1-31-22-26-34(27-23-31)50(35-28-24-32(2)25-29-35)44-30-45-48-46-38(44)16-10-19-41(46)49(39-17-8-6-14-36(39)37-15-7-9-18-40(37)49)42-20-11-21-43(47(42)48)51(45)33-12-4-3-5-13-33/h3-30H,1-2H3. The molecule has 51 heavy (non-hydrogen) atoms. The van der Waals surface area contributed by atoms with Crippen LogP contribution in [0.4, 0.5) is 17.1 Å². The van der Waals surface area contributed by atoms with Crippen molar-refractivity contribution in [1.82, 2.24) is 4.57 Å². The van der Waals surface area contributed by atoms with E-state index in [1.165, 1.54) is 82.8 Å². The molecule has 9 aromatic rings. The molecule has 2 heteroatoms. The first kappa shape index (κ1) is 28.5. The van der Waals surface area contributed by atoms with E-state index in [0.29, 0.717) is 0 Å². The Hall–Kier alpha value is -6.38. The number of fused-ring (bicyclic) bond motifs is 7. The maximum absolute atomic E-state index is 2.50. The molecule has 240 valence electrons. The molecule has 0 amide bonds. The fourth-order valence-electron chi connectivity index (χ4n) is 9.43. The van der Waals surface area contributed by atoms with Gasteiger partial charge in [-0.15, -0.1) is 0 Å². The van der Waals surface area contributed by atoms with Crippen molar-refractivity contribution in [3.63, 3.8) is 0 Å². The molecule has 2 nitrogen and oxygen atoms in total. The SMILES string of the molecule is Cc1ccc(N(c2ccc(C)cc2)c2cc3c4c5c(cccc25)C2(c5ccccc5-c5ccccc52)c2cccc(c24)n3-c2ccccc2)cc1. The van der Waals surface area contributed by atoms with E-state index in [-0.39, 0.29) is 0 Å². The van der Waals surface area contributed by atoms with Gasteiger partial charge in [0.2, 0.25) is 0 Å². The molecule has 0 fully saturated rings. The third-order valence-corrected chi connectivity index (χ3v) is 11.5. The highest BCUT2D eigenvalue weighted by Gasteiger charge is 2.50. The van der Waals surface area contributed by atoms with Crippen LogP contribution in [0.5, 0.6) is 0 Å². The van der Waals surface area contributed by atoms with E-state index in [1.807, 2.05) is 0 Å². The molecule has 0 radical (unpaired) electrons. The maximum atomic E-state index is 2.50. The Morgan fingerprint density at radius 3 is 1.59 bits per heavy atom. The minimum Gasteiger partial charge on any atom is -0.310 e. The number of anilines is 3. The molecule has 0 N–H and O–H groups in total. The maximum Gasteiger partial charge on any atom is 0.0726 e. The van der Waals surface area contributed by atoms with Crippen LogP contribution < -0.4 is 4.90 Å². The summed E-state index contributed by atoms with van der Waals surface area (Å²) in [6, 6.07) is 63.5. The Morgan fingerprint density at radius 2 is 0.961 bits per heavy atom. The first-order valence-electron chi connectivity index (χ1n) is 17.9. The number of aryl methyl sites for hydroxylation is 2. The Kier molecular flexibility index (Phi) is 5.76. The van der Waals surface area contributed by atoms with Crippen LogP contribution in [0.15, 0.2) is 170 Å². The van der Waals surface area contributed by atoms with Gasteiger partial charge in [-0.25, -0.2) is 0 Å². The second-order valence-electron chi connectivity index (χ2n) is 14.2. The molecule has 1 aromatic heterocycles. The highest BCUT2D eigenvalue weighted by atomic mass is 15.1. The zero-order valence-electron chi connectivity index (χ0n) is 28.6. The lowest BCUT2D eigenvalue weighted by Gasteiger charge is -2.38. The summed E-state index contributed by atoms with van der Waals surface area (Å²) in [5, 5.41) is 5.26. The molecule has 1 spiro atoms. The summed E-state index contributed by atoms with van der Waals surface area (Å²) in [5.74, 6) is 0. The summed E-state index contributed by atoms with van der Waals surface area (Å²) >= 11 is 0. The molecule has 8 aromatic carbocycles. The number of para-hydroxylation sites is 1. The third kappa shape index (κ3) is 3.66. The molecule has 0 unspecified atom stereocenters. The van der Waals surface area contributed by atoms with Crippen molar-refractivity contribution in [3.05, 3.63) is 203 Å². The molecule has 0 atom stereocenters. The van der Waals surface area contributed by atoms with Gasteiger partial charge in [-0.3, -0.25) is 0 Å². The fraction of sp³-hybridized carbons (Fsp3) is 0.0612. The van der Waals surface area contributed by atoms with Gasteiger partial charge in [0.25, 0.3) is 0 Å². The van der Waals surface area contributed by atoms with Gasteiger partial charge in [-0.05, 0) is 101 Å². The van der Waals surface area contributed by atoms with Crippen LogP contribution >= 0.6 is 0 Å². The fourth-order valence-corrected chi connectivity index (χ4v) is 9.43. The first-order chi connectivity index (χ1) is 25.1. The minimum absolute atomic E-state index is 0.466. The first-order valence-corrected chi connectivity index (χ1v) is 17.9. The average Bonchev–Trinajstić information content (AvgIpc) is 3.67. The van der Waals surface area contributed by atoms with Crippen molar-refractivity contribution in [3.8, 4) is 16.8 Å². The Labute approximate surface area is 297 Å². The van der Waals surface area contributed by atoms with E-state index >= 15 is 0 Å². The summed E-state index contributed by atoms with van der Waals surface area (Å²) in [6.07, 6.45) is 0. The largest absolute Gasteiger partial charge is 0.310 e. The molecule has 0 saturated heterocycles. The number of aromatic nitrogens is 1. The number of hydrogen-bond donors (Lipinski definition) is 0. The van der Waals surface area contributed by atoms with Gasteiger partial charge in [0.1, 0.15) is 0 Å². The van der Waals surface area contributed by atoms with E-state index in [9.17, 15) is 0 Å². The van der Waals surface area contributed by atoms with Crippen molar-refractivity contribution in [2.75, 3.05) is 4.90 Å². The van der Waals surface area contributed by atoms with Crippen LogP contribution in [-0.2, 0) is 5.41 Å². The number of rotatable bonds is 4. The zero-order chi connectivity index (χ0) is 33.8.